The lowest BCUT2D eigenvalue weighted by molar-refractivity contribution is 0.733. The molecule has 8 nitrogen and oxygen atoms in total. The van der Waals surface area contributed by atoms with E-state index in [9.17, 15) is 0 Å². The third kappa shape index (κ3) is 1.92. The number of piperidine rings is 1. The number of anilines is 2. The van der Waals surface area contributed by atoms with Gasteiger partial charge >= 0.3 is 0 Å². The summed E-state index contributed by atoms with van der Waals surface area (Å²) >= 11 is 3.56. The Balaban J connectivity index is 1.25. The van der Waals surface area contributed by atoms with Crippen molar-refractivity contribution in [3.8, 4) is 0 Å². The molecule has 3 unspecified atom stereocenters. The molecule has 4 fully saturated rings. The van der Waals surface area contributed by atoms with Crippen LogP contribution in [0.1, 0.15) is 5.82 Å². The van der Waals surface area contributed by atoms with Crippen molar-refractivity contribution >= 4 is 44.5 Å². The maximum absolute atomic E-state index is 4.80. The number of nitrogens with one attached hydrogen (secondary N) is 2. The van der Waals surface area contributed by atoms with Crippen LogP contribution in [0.2, 0.25) is 0 Å². The molecule has 1 aromatic carbocycles. The topological polar surface area (TPSA) is 87.0 Å². The van der Waals surface area contributed by atoms with E-state index in [-0.39, 0.29) is 0 Å². The van der Waals surface area contributed by atoms with E-state index in [1.807, 2.05) is 24.3 Å². The van der Waals surface area contributed by atoms with Crippen LogP contribution in [-0.2, 0) is 6.54 Å². The molecule has 5 heterocycles. The van der Waals surface area contributed by atoms with E-state index in [0.717, 1.165) is 57.2 Å². The number of para-hydroxylation sites is 2. The molecule has 2 aliphatic heterocycles. The summed E-state index contributed by atoms with van der Waals surface area (Å²) in [5.41, 5.74) is 2.78. The molecule has 0 spiro atoms. The van der Waals surface area contributed by atoms with Crippen LogP contribution in [0.3, 0.4) is 0 Å². The minimum Gasteiger partial charge on any atom is -0.347 e. The second kappa shape index (κ2) is 4.78. The summed E-state index contributed by atoms with van der Waals surface area (Å²) in [5, 5.41) is 7.79. The first kappa shape index (κ1) is 14.4. The van der Waals surface area contributed by atoms with Crippen molar-refractivity contribution in [1.82, 2.24) is 29.5 Å². The fourth-order valence-corrected chi connectivity index (χ4v) is 5.04. The number of aromatic amines is 1. The number of imidazole rings is 1. The van der Waals surface area contributed by atoms with Crippen molar-refractivity contribution in [2.45, 2.75) is 12.6 Å². The van der Waals surface area contributed by atoms with Crippen LogP contribution in [0.4, 0.5) is 11.9 Å². The quantitative estimate of drug-likeness (QED) is 0.525. The summed E-state index contributed by atoms with van der Waals surface area (Å²) in [6, 6.07) is 8.69. The van der Waals surface area contributed by atoms with Crippen LogP contribution < -0.4 is 10.2 Å². The van der Waals surface area contributed by atoms with Crippen LogP contribution in [-0.4, -0.2) is 42.1 Å². The number of nitrogens with zero attached hydrogens (tertiary/aromatic N) is 6. The highest BCUT2D eigenvalue weighted by atomic mass is 79.9. The summed E-state index contributed by atoms with van der Waals surface area (Å²) in [6.07, 6.45) is 1.76. The maximum atomic E-state index is 4.80. The third-order valence-corrected chi connectivity index (χ3v) is 6.69. The molecule has 134 valence electrons. The van der Waals surface area contributed by atoms with Crippen molar-refractivity contribution in [2.24, 2.45) is 17.8 Å². The SMILES string of the molecule is Brc1cnn2c(NCc3nc4ccccc4[nH]3)nc(N3CC4C5C3[C@@H]45)nc12. The number of hydrogen-bond donors (Lipinski definition) is 2. The van der Waals surface area contributed by atoms with Gasteiger partial charge in [0.25, 0.3) is 0 Å². The molecule has 4 aromatic rings. The zero-order valence-electron chi connectivity index (χ0n) is 14.2. The van der Waals surface area contributed by atoms with Crippen molar-refractivity contribution in [1.29, 1.82) is 0 Å². The van der Waals surface area contributed by atoms with E-state index in [4.69, 9.17) is 9.97 Å². The molecular formula is C18H15BrN8. The third-order valence-electron chi connectivity index (χ3n) is 6.13. The molecule has 27 heavy (non-hydrogen) atoms. The summed E-state index contributed by atoms with van der Waals surface area (Å²) in [7, 11) is 0. The standard InChI is InChI=1S/C18H15BrN8/c19-9-5-21-27-16(9)24-18(26-7-8-13-14(8)15(13)26)25-17(27)20-6-12-22-10-3-1-2-4-11(10)23-12/h1-5,8,13-15H,6-7H2,(H,22,23)(H,20,24,25)/t8?,13-,14?,15?/m0/s1. The van der Waals surface area contributed by atoms with Crippen molar-refractivity contribution in [3.63, 3.8) is 0 Å². The number of benzene rings is 1. The molecule has 4 aliphatic rings. The predicted molar refractivity (Wildman–Crippen MR) is 104 cm³/mol. The van der Waals surface area contributed by atoms with E-state index in [2.05, 4.69) is 41.2 Å². The first-order valence-electron chi connectivity index (χ1n) is 9.13. The summed E-state index contributed by atoms with van der Waals surface area (Å²) in [6.45, 7) is 1.62. The minimum atomic E-state index is 0.537. The van der Waals surface area contributed by atoms with Gasteiger partial charge in [0, 0.05) is 12.6 Å². The van der Waals surface area contributed by atoms with Crippen LogP contribution in [0.25, 0.3) is 16.7 Å². The maximum Gasteiger partial charge on any atom is 0.231 e. The van der Waals surface area contributed by atoms with Crippen LogP contribution >= 0.6 is 15.9 Å². The molecule has 0 amide bonds. The molecule has 8 rings (SSSR count). The summed E-state index contributed by atoms with van der Waals surface area (Å²) in [4.78, 5) is 19.9. The summed E-state index contributed by atoms with van der Waals surface area (Å²) in [5.74, 6) is 5.04. The second-order valence-corrected chi connectivity index (χ2v) is 8.45. The Bertz CT molecular complexity index is 1180. The van der Waals surface area contributed by atoms with Crippen molar-refractivity contribution in [2.75, 3.05) is 16.8 Å². The minimum absolute atomic E-state index is 0.537. The van der Waals surface area contributed by atoms with Gasteiger partial charge in [0.05, 0.1) is 28.2 Å². The highest BCUT2D eigenvalue weighted by Crippen LogP contribution is 2.75. The molecule has 9 heteroatoms. The molecule has 3 aromatic heterocycles. The molecular weight excluding hydrogens is 408 g/mol. The van der Waals surface area contributed by atoms with Gasteiger partial charge in [0.1, 0.15) is 5.82 Å². The fraction of sp³-hybridized carbons (Fsp3) is 0.333. The number of halogens is 1. The molecule has 2 saturated carbocycles. The lowest BCUT2D eigenvalue weighted by atomic mass is 10.2. The van der Waals surface area contributed by atoms with Crippen LogP contribution in [0.15, 0.2) is 34.9 Å². The Morgan fingerprint density at radius 2 is 2.07 bits per heavy atom. The highest BCUT2D eigenvalue weighted by molar-refractivity contribution is 9.10. The first-order valence-corrected chi connectivity index (χ1v) is 9.93. The lowest BCUT2D eigenvalue weighted by Crippen LogP contribution is -2.24. The van der Waals surface area contributed by atoms with Gasteiger partial charge < -0.3 is 15.2 Å². The van der Waals surface area contributed by atoms with Gasteiger partial charge in [-0.1, -0.05) is 12.1 Å². The van der Waals surface area contributed by atoms with Gasteiger partial charge in [0.15, 0.2) is 5.65 Å². The van der Waals surface area contributed by atoms with Crippen LogP contribution in [0, 0.1) is 17.8 Å². The second-order valence-electron chi connectivity index (χ2n) is 7.59. The summed E-state index contributed by atoms with van der Waals surface area (Å²) < 4.78 is 2.61. The van der Waals surface area contributed by atoms with Gasteiger partial charge in [-0.25, -0.2) is 4.98 Å². The Labute approximate surface area is 162 Å². The van der Waals surface area contributed by atoms with E-state index in [0.29, 0.717) is 18.5 Å². The number of rotatable bonds is 4. The largest absolute Gasteiger partial charge is 0.347 e. The van der Waals surface area contributed by atoms with E-state index >= 15 is 0 Å². The fourth-order valence-electron chi connectivity index (χ4n) is 4.69. The Hall–Kier alpha value is -2.68. The Kier molecular flexibility index (Phi) is 2.54. The number of hydrogen-bond acceptors (Lipinski definition) is 6. The molecule has 2 saturated heterocycles. The van der Waals surface area contributed by atoms with Gasteiger partial charge in [-0.15, -0.1) is 0 Å². The zero-order chi connectivity index (χ0) is 17.7. The highest BCUT2D eigenvalue weighted by Gasteiger charge is 2.81. The van der Waals surface area contributed by atoms with Crippen molar-refractivity contribution < 1.29 is 0 Å². The first-order chi connectivity index (χ1) is 13.3. The molecule has 2 bridgehead atoms. The Morgan fingerprint density at radius 1 is 1.19 bits per heavy atom. The number of H-pyrrole nitrogens is 1. The Morgan fingerprint density at radius 3 is 2.89 bits per heavy atom. The molecule has 0 radical (unpaired) electrons. The van der Waals surface area contributed by atoms with Crippen LogP contribution in [0.5, 0.6) is 0 Å². The van der Waals surface area contributed by atoms with E-state index < -0.39 is 0 Å². The molecule has 2 N–H and O–H groups in total. The molecule has 2 aliphatic carbocycles. The average molecular weight is 423 g/mol. The number of aromatic nitrogens is 6. The van der Waals surface area contributed by atoms with E-state index in [1.54, 1.807) is 10.7 Å². The van der Waals surface area contributed by atoms with Gasteiger partial charge in [-0.05, 0) is 45.8 Å². The zero-order valence-corrected chi connectivity index (χ0v) is 15.8. The normalized spacial score (nSPS) is 27.4. The predicted octanol–water partition coefficient (Wildman–Crippen LogP) is 2.44. The monoisotopic (exact) mass is 422 g/mol. The number of fused-ring (bicyclic) bond motifs is 3. The molecule has 4 atom stereocenters. The van der Waals surface area contributed by atoms with Gasteiger partial charge in [0.2, 0.25) is 11.9 Å². The lowest BCUT2D eigenvalue weighted by Gasteiger charge is -2.17. The van der Waals surface area contributed by atoms with Gasteiger partial charge in [-0.3, -0.25) is 0 Å². The van der Waals surface area contributed by atoms with E-state index in [1.165, 1.54) is 0 Å². The average Bonchev–Trinajstić information content (AvgIpc) is 3.26. The van der Waals surface area contributed by atoms with Crippen molar-refractivity contribution in [3.05, 3.63) is 40.8 Å². The van der Waals surface area contributed by atoms with Gasteiger partial charge in [-0.2, -0.15) is 19.6 Å². The smallest absolute Gasteiger partial charge is 0.231 e.